The molecule has 0 aromatic heterocycles. The number of hydrogen-bond acceptors (Lipinski definition) is 6. The maximum absolute atomic E-state index is 12.4. The van der Waals surface area contributed by atoms with Crippen molar-refractivity contribution in [1.29, 1.82) is 5.26 Å². The van der Waals surface area contributed by atoms with Crippen LogP contribution in [-0.4, -0.2) is 67.6 Å². The average molecular weight is 415 g/mol. The molecule has 0 saturated carbocycles. The molecular weight excluding hydrogens is 380 g/mol. The predicted molar refractivity (Wildman–Crippen MR) is 118 cm³/mol. The maximum Gasteiger partial charge on any atom is 0.410 e. The van der Waals surface area contributed by atoms with Crippen LogP contribution >= 0.6 is 0 Å². The molecule has 7 nitrogen and oxygen atoms in total. The van der Waals surface area contributed by atoms with Crippen molar-refractivity contribution in [2.24, 2.45) is 0 Å². The lowest BCUT2D eigenvalue weighted by atomic mass is 10.1. The zero-order valence-corrected chi connectivity index (χ0v) is 19.0. The number of carbonyl (C=O) groups excluding carboxylic acids is 1. The van der Waals surface area contributed by atoms with Crippen molar-refractivity contribution >= 4 is 17.5 Å². The standard InChI is InChI=1S/C23H34N4O3/c1-16-13-25(22(28)30-23(4,5)6)9-10-27(16)20-7-8-21(19(11-20)12-24)26-14-17(2)29-18(3)15-26/h7-8,11,16-18H,9-10,13-15H2,1-6H3/t16-,17-,18+/m0/s1. The first-order valence-electron chi connectivity index (χ1n) is 10.8. The van der Waals surface area contributed by atoms with E-state index in [0.29, 0.717) is 25.2 Å². The molecule has 2 saturated heterocycles. The lowest BCUT2D eigenvalue weighted by molar-refractivity contribution is -0.00524. The molecule has 3 atom stereocenters. The van der Waals surface area contributed by atoms with Crippen LogP contribution in [0.15, 0.2) is 18.2 Å². The van der Waals surface area contributed by atoms with Crippen LogP contribution in [0.25, 0.3) is 0 Å². The highest BCUT2D eigenvalue weighted by atomic mass is 16.6. The number of morpholine rings is 1. The average Bonchev–Trinajstić information content (AvgIpc) is 2.65. The summed E-state index contributed by atoms with van der Waals surface area (Å²) in [5.74, 6) is 0. The van der Waals surface area contributed by atoms with Gasteiger partial charge in [0.25, 0.3) is 0 Å². The number of hydrogen-bond donors (Lipinski definition) is 0. The largest absolute Gasteiger partial charge is 0.444 e. The van der Waals surface area contributed by atoms with Crippen molar-refractivity contribution in [2.75, 3.05) is 42.5 Å². The third-order valence-corrected chi connectivity index (χ3v) is 5.47. The van der Waals surface area contributed by atoms with E-state index in [1.165, 1.54) is 0 Å². The van der Waals surface area contributed by atoms with Gasteiger partial charge in [-0.3, -0.25) is 0 Å². The van der Waals surface area contributed by atoms with Gasteiger partial charge >= 0.3 is 6.09 Å². The Bertz CT molecular complexity index is 804. The fourth-order valence-corrected chi connectivity index (χ4v) is 4.28. The highest BCUT2D eigenvalue weighted by Gasteiger charge is 2.31. The number of carbonyl (C=O) groups is 1. The van der Waals surface area contributed by atoms with Gasteiger partial charge in [-0.1, -0.05) is 0 Å². The maximum atomic E-state index is 12.4. The van der Waals surface area contributed by atoms with Crippen molar-refractivity contribution in [3.63, 3.8) is 0 Å². The summed E-state index contributed by atoms with van der Waals surface area (Å²) in [5.41, 5.74) is 2.16. The molecule has 0 spiro atoms. The Balaban J connectivity index is 1.73. The summed E-state index contributed by atoms with van der Waals surface area (Å²) in [7, 11) is 0. The minimum atomic E-state index is -0.497. The Hall–Kier alpha value is -2.46. The number of benzene rings is 1. The SMILES string of the molecule is C[C@@H]1CN(c2ccc(N3CCN(C(=O)OC(C)(C)C)C[C@@H]3C)cc2C#N)C[C@H](C)O1. The molecule has 1 aromatic rings. The normalized spacial score (nSPS) is 25.1. The quantitative estimate of drug-likeness (QED) is 0.736. The molecule has 2 heterocycles. The molecule has 3 rings (SSSR count). The van der Waals surface area contributed by atoms with E-state index in [-0.39, 0.29) is 24.3 Å². The number of nitriles is 1. The number of ether oxygens (including phenoxy) is 2. The molecule has 0 radical (unpaired) electrons. The van der Waals surface area contributed by atoms with Crippen LogP contribution in [0.4, 0.5) is 16.2 Å². The smallest absolute Gasteiger partial charge is 0.410 e. The lowest BCUT2D eigenvalue weighted by Crippen LogP contribution is -2.54. The molecule has 2 aliphatic heterocycles. The fraction of sp³-hybridized carbons (Fsp3) is 0.652. The molecule has 2 fully saturated rings. The molecule has 0 bridgehead atoms. The number of rotatable bonds is 2. The van der Waals surface area contributed by atoms with Crippen LogP contribution in [-0.2, 0) is 9.47 Å². The number of amides is 1. The van der Waals surface area contributed by atoms with Crippen molar-refractivity contribution in [1.82, 2.24) is 4.90 Å². The Morgan fingerprint density at radius 1 is 1.13 bits per heavy atom. The summed E-state index contributed by atoms with van der Waals surface area (Å²) in [5, 5.41) is 9.80. The highest BCUT2D eigenvalue weighted by molar-refractivity contribution is 5.70. The molecule has 0 aliphatic carbocycles. The zero-order valence-electron chi connectivity index (χ0n) is 19.0. The Morgan fingerprint density at radius 2 is 1.80 bits per heavy atom. The second kappa shape index (κ2) is 8.73. The minimum Gasteiger partial charge on any atom is -0.444 e. The zero-order chi connectivity index (χ0) is 22.1. The van der Waals surface area contributed by atoms with Crippen molar-refractivity contribution < 1.29 is 14.3 Å². The third-order valence-electron chi connectivity index (χ3n) is 5.47. The first kappa shape index (κ1) is 22.2. The van der Waals surface area contributed by atoms with Gasteiger partial charge in [0, 0.05) is 44.5 Å². The molecule has 1 amide bonds. The van der Waals surface area contributed by atoms with Gasteiger partial charge in [-0.25, -0.2) is 4.79 Å². The number of piperazine rings is 1. The molecule has 0 N–H and O–H groups in total. The van der Waals surface area contributed by atoms with E-state index in [2.05, 4.69) is 42.7 Å². The van der Waals surface area contributed by atoms with Gasteiger partial charge in [0.15, 0.2) is 0 Å². The molecule has 164 valence electrons. The first-order valence-corrected chi connectivity index (χ1v) is 10.8. The number of nitrogens with zero attached hydrogens (tertiary/aromatic N) is 4. The summed E-state index contributed by atoms with van der Waals surface area (Å²) in [4.78, 5) is 18.7. The van der Waals surface area contributed by atoms with E-state index >= 15 is 0 Å². The Kier molecular flexibility index (Phi) is 6.47. The molecular formula is C23H34N4O3. The molecule has 30 heavy (non-hydrogen) atoms. The van der Waals surface area contributed by atoms with Crippen LogP contribution in [0.1, 0.15) is 47.1 Å². The predicted octanol–water partition coefficient (Wildman–Crippen LogP) is 3.62. The van der Waals surface area contributed by atoms with Gasteiger partial charge in [0.2, 0.25) is 0 Å². The first-order chi connectivity index (χ1) is 14.1. The Morgan fingerprint density at radius 3 is 2.37 bits per heavy atom. The van der Waals surface area contributed by atoms with Gasteiger partial charge in [0.05, 0.1) is 23.5 Å². The fourth-order valence-electron chi connectivity index (χ4n) is 4.28. The monoisotopic (exact) mass is 414 g/mol. The van der Waals surface area contributed by atoms with E-state index in [1.54, 1.807) is 4.90 Å². The summed E-state index contributed by atoms with van der Waals surface area (Å²) < 4.78 is 11.3. The second-order valence-corrected chi connectivity index (χ2v) is 9.44. The van der Waals surface area contributed by atoms with E-state index in [9.17, 15) is 10.1 Å². The van der Waals surface area contributed by atoms with Crippen LogP contribution in [0.5, 0.6) is 0 Å². The molecule has 7 heteroatoms. The summed E-state index contributed by atoms with van der Waals surface area (Å²) >= 11 is 0. The van der Waals surface area contributed by atoms with E-state index in [4.69, 9.17) is 9.47 Å². The van der Waals surface area contributed by atoms with Crippen LogP contribution in [0, 0.1) is 11.3 Å². The topological polar surface area (TPSA) is 69.0 Å². The minimum absolute atomic E-state index is 0.132. The summed E-state index contributed by atoms with van der Waals surface area (Å²) in [6.07, 6.45) is 0.0134. The summed E-state index contributed by atoms with van der Waals surface area (Å²) in [6.45, 7) is 15.3. The second-order valence-electron chi connectivity index (χ2n) is 9.44. The van der Waals surface area contributed by atoms with E-state index < -0.39 is 5.60 Å². The van der Waals surface area contributed by atoms with Crippen molar-refractivity contribution in [2.45, 2.75) is 65.4 Å². The highest BCUT2D eigenvalue weighted by Crippen LogP contribution is 2.30. The van der Waals surface area contributed by atoms with Crippen LogP contribution < -0.4 is 9.80 Å². The third kappa shape index (κ3) is 5.17. The van der Waals surface area contributed by atoms with Gasteiger partial charge < -0.3 is 24.2 Å². The van der Waals surface area contributed by atoms with Gasteiger partial charge in [-0.15, -0.1) is 0 Å². The van der Waals surface area contributed by atoms with Crippen LogP contribution in [0.3, 0.4) is 0 Å². The molecule has 1 aromatic carbocycles. The van der Waals surface area contributed by atoms with Crippen molar-refractivity contribution in [3.8, 4) is 6.07 Å². The Labute approximate surface area is 180 Å². The van der Waals surface area contributed by atoms with Crippen LogP contribution in [0.2, 0.25) is 0 Å². The van der Waals surface area contributed by atoms with E-state index in [1.807, 2.05) is 32.9 Å². The van der Waals surface area contributed by atoms with Crippen molar-refractivity contribution in [3.05, 3.63) is 23.8 Å². The lowest BCUT2D eigenvalue weighted by Gasteiger charge is -2.42. The molecule has 0 unspecified atom stereocenters. The van der Waals surface area contributed by atoms with Gasteiger partial charge in [0.1, 0.15) is 11.7 Å². The summed E-state index contributed by atoms with van der Waals surface area (Å²) in [6, 6.07) is 8.61. The van der Waals surface area contributed by atoms with E-state index in [0.717, 1.165) is 24.5 Å². The van der Waals surface area contributed by atoms with Gasteiger partial charge in [-0.05, 0) is 59.7 Å². The molecule has 2 aliphatic rings. The van der Waals surface area contributed by atoms with Gasteiger partial charge in [-0.2, -0.15) is 5.26 Å². The number of anilines is 2.